The van der Waals surface area contributed by atoms with Crippen LogP contribution in [0.15, 0.2) is 6.20 Å². The summed E-state index contributed by atoms with van der Waals surface area (Å²) in [6.07, 6.45) is 9.81. The van der Waals surface area contributed by atoms with Crippen molar-refractivity contribution in [2.24, 2.45) is 30.2 Å². The highest BCUT2D eigenvalue weighted by Gasteiger charge is 2.54. The first-order chi connectivity index (χ1) is 11.9. The minimum Gasteiger partial charge on any atom is -0.347 e. The zero-order chi connectivity index (χ0) is 17.8. The van der Waals surface area contributed by atoms with E-state index in [1.807, 2.05) is 0 Å². The molecule has 136 valence electrons. The van der Waals surface area contributed by atoms with Gasteiger partial charge in [-0.1, -0.05) is 6.92 Å². The number of carbonyl (C=O) groups excluding carboxylic acids is 1. The Labute approximate surface area is 147 Å². The molecule has 7 nitrogen and oxygen atoms in total. The molecule has 25 heavy (non-hydrogen) atoms. The number of rotatable bonds is 5. The maximum Gasteiger partial charge on any atom is 0.320 e. The Hall–Kier alpha value is -1.92. The fraction of sp³-hybridized carbons (Fsp3) is 0.778. The van der Waals surface area contributed by atoms with Crippen LogP contribution in [0.1, 0.15) is 62.4 Å². The minimum absolute atomic E-state index is 0.0734. The highest BCUT2D eigenvalue weighted by molar-refractivity contribution is 5.96. The number of aryl methyl sites for hydroxylation is 1. The molecule has 4 aliphatic carbocycles. The first kappa shape index (κ1) is 16.5. The molecule has 1 aromatic rings. The summed E-state index contributed by atoms with van der Waals surface area (Å²) < 4.78 is 1.33. The highest BCUT2D eigenvalue weighted by atomic mass is 16.6. The lowest BCUT2D eigenvalue weighted by atomic mass is 9.47. The Morgan fingerprint density at radius 1 is 1.36 bits per heavy atom. The molecule has 4 bridgehead atoms. The lowest BCUT2D eigenvalue weighted by molar-refractivity contribution is -0.385. The van der Waals surface area contributed by atoms with Gasteiger partial charge in [-0.2, -0.15) is 5.10 Å². The molecule has 4 aliphatic rings. The molecule has 0 saturated heterocycles. The second-order valence-electron chi connectivity index (χ2n) is 8.51. The van der Waals surface area contributed by atoms with Crippen molar-refractivity contribution >= 4 is 11.6 Å². The molecular formula is C18H26N4O3. The standard InChI is InChI=1S/C18H26N4O3/c1-3-15(18-7-11-4-12(8-18)6-13(5-11)9-18)19-17(23)16-14(22(24)25)10-21(2)20-16/h10-13,15H,3-9H2,1-2H3,(H,19,23)/t11?,12?,13?,15-,18?/m1/s1. The summed E-state index contributed by atoms with van der Waals surface area (Å²) in [6, 6.07) is 0.0787. The van der Waals surface area contributed by atoms with Gasteiger partial charge in [-0.25, -0.2) is 0 Å². The summed E-state index contributed by atoms with van der Waals surface area (Å²) in [4.78, 5) is 23.4. The van der Waals surface area contributed by atoms with Gasteiger partial charge < -0.3 is 5.32 Å². The zero-order valence-corrected chi connectivity index (χ0v) is 14.9. The predicted molar refractivity (Wildman–Crippen MR) is 92.0 cm³/mol. The molecule has 4 fully saturated rings. The van der Waals surface area contributed by atoms with Crippen molar-refractivity contribution in [3.63, 3.8) is 0 Å². The average Bonchev–Trinajstić information content (AvgIpc) is 2.93. The first-order valence-corrected chi connectivity index (χ1v) is 9.39. The number of nitro groups is 1. The molecule has 0 radical (unpaired) electrons. The second kappa shape index (κ2) is 5.81. The van der Waals surface area contributed by atoms with Crippen LogP contribution in [0.3, 0.4) is 0 Å². The highest BCUT2D eigenvalue weighted by Crippen LogP contribution is 2.61. The smallest absolute Gasteiger partial charge is 0.320 e. The lowest BCUT2D eigenvalue weighted by Gasteiger charge is -2.59. The number of carbonyl (C=O) groups is 1. The molecule has 1 aromatic heterocycles. The molecule has 0 spiro atoms. The van der Waals surface area contributed by atoms with E-state index in [4.69, 9.17) is 0 Å². The van der Waals surface area contributed by atoms with Crippen molar-refractivity contribution in [2.45, 2.75) is 57.9 Å². The van der Waals surface area contributed by atoms with Crippen LogP contribution in [0, 0.1) is 33.3 Å². The number of amides is 1. The van der Waals surface area contributed by atoms with E-state index >= 15 is 0 Å². The van der Waals surface area contributed by atoms with Gasteiger partial charge in [-0.3, -0.25) is 19.6 Å². The van der Waals surface area contributed by atoms with Crippen LogP contribution >= 0.6 is 0 Å². The predicted octanol–water partition coefficient (Wildman–Crippen LogP) is 3.05. The molecule has 0 unspecified atom stereocenters. The van der Waals surface area contributed by atoms with E-state index in [9.17, 15) is 14.9 Å². The second-order valence-corrected chi connectivity index (χ2v) is 8.51. The van der Waals surface area contributed by atoms with Gasteiger partial charge in [0.2, 0.25) is 5.69 Å². The summed E-state index contributed by atoms with van der Waals surface area (Å²) in [5.74, 6) is 2.01. The number of hydrogen-bond acceptors (Lipinski definition) is 4. The molecule has 7 heteroatoms. The first-order valence-electron chi connectivity index (χ1n) is 9.39. The molecule has 1 amide bonds. The van der Waals surface area contributed by atoms with Crippen molar-refractivity contribution in [2.75, 3.05) is 0 Å². The van der Waals surface area contributed by atoms with Crippen LogP contribution in [0.4, 0.5) is 5.69 Å². The van der Waals surface area contributed by atoms with Crippen molar-refractivity contribution in [1.82, 2.24) is 15.1 Å². The minimum atomic E-state index is -0.534. The van der Waals surface area contributed by atoms with Crippen LogP contribution in [-0.2, 0) is 7.05 Å². The van der Waals surface area contributed by atoms with Gasteiger partial charge in [0.15, 0.2) is 0 Å². The summed E-state index contributed by atoms with van der Waals surface area (Å²) in [5, 5.41) is 18.3. The van der Waals surface area contributed by atoms with E-state index in [2.05, 4.69) is 17.3 Å². The molecule has 4 saturated carbocycles. The van der Waals surface area contributed by atoms with Gasteiger partial charge in [0, 0.05) is 13.1 Å². The van der Waals surface area contributed by atoms with Crippen molar-refractivity contribution in [3.05, 3.63) is 22.0 Å². The zero-order valence-electron chi connectivity index (χ0n) is 14.9. The van der Waals surface area contributed by atoms with Gasteiger partial charge in [0.25, 0.3) is 5.91 Å². The van der Waals surface area contributed by atoms with Crippen LogP contribution < -0.4 is 5.32 Å². The van der Waals surface area contributed by atoms with E-state index in [1.165, 1.54) is 49.4 Å². The number of aromatic nitrogens is 2. The topological polar surface area (TPSA) is 90.1 Å². The van der Waals surface area contributed by atoms with Gasteiger partial charge in [-0.15, -0.1) is 0 Å². The van der Waals surface area contributed by atoms with Gasteiger partial charge in [-0.05, 0) is 68.1 Å². The van der Waals surface area contributed by atoms with Crippen LogP contribution in [0.5, 0.6) is 0 Å². The van der Waals surface area contributed by atoms with Crippen molar-refractivity contribution < 1.29 is 9.72 Å². The molecule has 0 aliphatic heterocycles. The Balaban J connectivity index is 1.57. The van der Waals surface area contributed by atoms with Crippen LogP contribution in [0.25, 0.3) is 0 Å². The van der Waals surface area contributed by atoms with Crippen molar-refractivity contribution in [3.8, 4) is 0 Å². The fourth-order valence-electron chi connectivity index (χ4n) is 6.29. The Morgan fingerprint density at radius 2 is 1.92 bits per heavy atom. The molecule has 5 rings (SSSR count). The SMILES string of the molecule is CC[C@@H](NC(=O)c1nn(C)cc1[N+](=O)[O-])C12CC3CC(CC(C3)C1)C2. The van der Waals surface area contributed by atoms with E-state index in [0.29, 0.717) is 0 Å². The van der Waals surface area contributed by atoms with Crippen LogP contribution in [0.2, 0.25) is 0 Å². The fourth-order valence-corrected chi connectivity index (χ4v) is 6.29. The summed E-state index contributed by atoms with van der Waals surface area (Å²) >= 11 is 0. The molecule has 1 heterocycles. The van der Waals surface area contributed by atoms with Gasteiger partial charge >= 0.3 is 5.69 Å². The summed E-state index contributed by atoms with van der Waals surface area (Å²) in [7, 11) is 1.60. The maximum absolute atomic E-state index is 12.8. The van der Waals surface area contributed by atoms with E-state index in [1.54, 1.807) is 7.05 Å². The maximum atomic E-state index is 12.8. The van der Waals surface area contributed by atoms with E-state index in [-0.39, 0.29) is 22.8 Å². The number of nitrogens with one attached hydrogen (secondary N) is 1. The average molecular weight is 346 g/mol. The Kier molecular flexibility index (Phi) is 3.85. The van der Waals surface area contributed by atoms with Crippen molar-refractivity contribution in [1.29, 1.82) is 0 Å². The third-order valence-electron chi connectivity index (χ3n) is 6.76. The van der Waals surface area contributed by atoms with Crippen LogP contribution in [-0.4, -0.2) is 26.7 Å². The normalized spacial score (nSPS) is 34.1. The lowest BCUT2D eigenvalue weighted by Crippen LogP contribution is -2.56. The van der Waals surface area contributed by atoms with E-state index in [0.717, 1.165) is 24.2 Å². The quantitative estimate of drug-likeness (QED) is 0.655. The molecule has 1 atom stereocenters. The third kappa shape index (κ3) is 2.73. The van der Waals surface area contributed by atoms with Gasteiger partial charge in [0.05, 0.1) is 4.92 Å². The number of hydrogen-bond donors (Lipinski definition) is 1. The Bertz CT molecular complexity index is 676. The third-order valence-corrected chi connectivity index (χ3v) is 6.76. The Morgan fingerprint density at radius 3 is 2.40 bits per heavy atom. The summed E-state index contributed by atoms with van der Waals surface area (Å²) in [5.41, 5.74) is -0.112. The monoisotopic (exact) mass is 346 g/mol. The van der Waals surface area contributed by atoms with Gasteiger partial charge in [0.1, 0.15) is 6.20 Å². The molecule has 1 N–H and O–H groups in total. The molecular weight excluding hydrogens is 320 g/mol. The summed E-state index contributed by atoms with van der Waals surface area (Å²) in [6.45, 7) is 2.11. The molecule has 0 aromatic carbocycles. The largest absolute Gasteiger partial charge is 0.347 e. The van der Waals surface area contributed by atoms with E-state index < -0.39 is 10.8 Å². The number of nitrogens with zero attached hydrogens (tertiary/aromatic N) is 3.